The van der Waals surface area contributed by atoms with Crippen LogP contribution in [-0.2, 0) is 0 Å². The molecule has 34 heavy (non-hydrogen) atoms. The standard InChI is InChI=1S/C24H21F2N5O3/c1-33-24-22(28-8-9-29-24)23(32)30-19-12-15(14-27)2-4-20(19)31-10-6-17(7-11-31)34-21-5-3-16(25)13-18(21)26/h2-5,8-9,12-13,17H,6-7,10-11H2,1H3,(H,30,32). The fourth-order valence-electron chi connectivity index (χ4n) is 3.76. The van der Waals surface area contributed by atoms with E-state index in [1.807, 2.05) is 4.90 Å². The molecule has 1 aromatic heterocycles. The van der Waals surface area contributed by atoms with Crippen LogP contribution in [0.3, 0.4) is 0 Å². The topological polar surface area (TPSA) is 100 Å². The van der Waals surface area contributed by atoms with E-state index in [1.54, 1.807) is 18.2 Å². The van der Waals surface area contributed by atoms with E-state index in [2.05, 4.69) is 21.4 Å². The highest BCUT2D eigenvalue weighted by Crippen LogP contribution is 2.31. The monoisotopic (exact) mass is 465 g/mol. The third kappa shape index (κ3) is 5.04. The molecular formula is C24H21F2N5O3. The molecule has 174 valence electrons. The number of halogens is 2. The molecule has 1 saturated heterocycles. The van der Waals surface area contributed by atoms with Crippen LogP contribution >= 0.6 is 0 Å². The number of carbonyl (C=O) groups is 1. The van der Waals surface area contributed by atoms with E-state index < -0.39 is 17.5 Å². The Bertz CT molecular complexity index is 1240. The van der Waals surface area contributed by atoms with Crippen LogP contribution in [0.25, 0.3) is 0 Å². The van der Waals surface area contributed by atoms with Gasteiger partial charge < -0.3 is 19.7 Å². The van der Waals surface area contributed by atoms with E-state index >= 15 is 0 Å². The van der Waals surface area contributed by atoms with Crippen molar-refractivity contribution < 1.29 is 23.0 Å². The summed E-state index contributed by atoms with van der Waals surface area (Å²) in [7, 11) is 1.40. The number of rotatable bonds is 6. The first-order chi connectivity index (χ1) is 16.5. The highest BCUT2D eigenvalue weighted by molar-refractivity contribution is 6.06. The van der Waals surface area contributed by atoms with Crippen molar-refractivity contribution in [1.82, 2.24) is 9.97 Å². The summed E-state index contributed by atoms with van der Waals surface area (Å²) in [4.78, 5) is 22.9. The number of amides is 1. The fourth-order valence-corrected chi connectivity index (χ4v) is 3.76. The average Bonchev–Trinajstić information content (AvgIpc) is 2.86. The summed E-state index contributed by atoms with van der Waals surface area (Å²) in [5.74, 6) is -1.81. The number of anilines is 2. The number of carbonyl (C=O) groups excluding carboxylic acids is 1. The van der Waals surface area contributed by atoms with Gasteiger partial charge in [0.25, 0.3) is 5.91 Å². The van der Waals surface area contributed by atoms with Crippen LogP contribution in [0.15, 0.2) is 48.8 Å². The fraction of sp³-hybridized carbons (Fsp3) is 0.250. The lowest BCUT2D eigenvalue weighted by Gasteiger charge is -2.34. The maximum atomic E-state index is 13.9. The van der Waals surface area contributed by atoms with E-state index in [4.69, 9.17) is 9.47 Å². The number of hydrogen-bond acceptors (Lipinski definition) is 7. The Kier molecular flexibility index (Phi) is 6.82. The predicted molar refractivity (Wildman–Crippen MR) is 120 cm³/mol. The van der Waals surface area contributed by atoms with Gasteiger partial charge >= 0.3 is 0 Å². The Morgan fingerprint density at radius 2 is 1.91 bits per heavy atom. The number of nitrogens with one attached hydrogen (secondary N) is 1. The van der Waals surface area contributed by atoms with Gasteiger partial charge in [0.2, 0.25) is 5.88 Å². The molecule has 10 heteroatoms. The first-order valence-corrected chi connectivity index (χ1v) is 10.6. The SMILES string of the molecule is COc1nccnc1C(=O)Nc1cc(C#N)ccc1N1CCC(Oc2ccc(F)cc2F)CC1. The van der Waals surface area contributed by atoms with Gasteiger partial charge in [-0.3, -0.25) is 4.79 Å². The smallest absolute Gasteiger partial charge is 0.279 e. The number of aromatic nitrogens is 2. The van der Waals surface area contributed by atoms with Crippen molar-refractivity contribution in [2.75, 3.05) is 30.4 Å². The van der Waals surface area contributed by atoms with Crippen molar-refractivity contribution in [2.24, 2.45) is 0 Å². The van der Waals surface area contributed by atoms with Gasteiger partial charge in [-0.05, 0) is 30.3 Å². The lowest BCUT2D eigenvalue weighted by molar-refractivity contribution is 0.101. The Labute approximate surface area is 194 Å². The minimum Gasteiger partial charge on any atom is -0.487 e. The number of ether oxygens (including phenoxy) is 2. The van der Waals surface area contributed by atoms with Gasteiger partial charge in [0.1, 0.15) is 11.9 Å². The summed E-state index contributed by atoms with van der Waals surface area (Å²) >= 11 is 0. The van der Waals surface area contributed by atoms with E-state index in [1.165, 1.54) is 25.6 Å². The maximum Gasteiger partial charge on any atom is 0.279 e. The zero-order chi connectivity index (χ0) is 24.1. The van der Waals surface area contributed by atoms with Crippen molar-refractivity contribution in [3.05, 3.63) is 71.7 Å². The van der Waals surface area contributed by atoms with Crippen molar-refractivity contribution in [3.8, 4) is 17.7 Å². The number of benzene rings is 2. The summed E-state index contributed by atoms with van der Waals surface area (Å²) in [6.45, 7) is 1.13. The molecule has 1 amide bonds. The van der Waals surface area contributed by atoms with E-state index in [-0.39, 0.29) is 23.4 Å². The van der Waals surface area contributed by atoms with Crippen LogP contribution in [0.5, 0.6) is 11.6 Å². The molecule has 1 aliphatic heterocycles. The first-order valence-electron chi connectivity index (χ1n) is 10.6. The zero-order valence-corrected chi connectivity index (χ0v) is 18.3. The highest BCUT2D eigenvalue weighted by atomic mass is 19.1. The molecule has 0 saturated carbocycles. The van der Waals surface area contributed by atoms with Crippen LogP contribution < -0.4 is 19.7 Å². The van der Waals surface area contributed by atoms with Gasteiger partial charge in [0.05, 0.1) is 30.1 Å². The summed E-state index contributed by atoms with van der Waals surface area (Å²) in [6.07, 6.45) is 3.74. The predicted octanol–water partition coefficient (Wildman–Crippen LogP) is 3.94. The van der Waals surface area contributed by atoms with Gasteiger partial charge in [0, 0.05) is 44.4 Å². The molecule has 3 aromatic rings. The Morgan fingerprint density at radius 3 is 2.62 bits per heavy atom. The van der Waals surface area contributed by atoms with Crippen molar-refractivity contribution in [1.29, 1.82) is 5.26 Å². The second-order valence-electron chi connectivity index (χ2n) is 7.59. The van der Waals surface area contributed by atoms with Gasteiger partial charge in [0.15, 0.2) is 17.3 Å². The molecule has 0 atom stereocenters. The molecule has 1 N–H and O–H groups in total. The minimum atomic E-state index is -0.737. The van der Waals surface area contributed by atoms with E-state index in [9.17, 15) is 18.8 Å². The lowest BCUT2D eigenvalue weighted by Crippen LogP contribution is -2.38. The summed E-state index contributed by atoms with van der Waals surface area (Å²) < 4.78 is 37.9. The summed E-state index contributed by atoms with van der Waals surface area (Å²) in [5, 5.41) is 12.1. The van der Waals surface area contributed by atoms with Gasteiger partial charge in [-0.25, -0.2) is 18.7 Å². The van der Waals surface area contributed by atoms with Crippen LogP contribution in [-0.4, -0.2) is 42.2 Å². The molecule has 1 fully saturated rings. The number of piperidine rings is 1. The number of nitrogens with zero attached hydrogens (tertiary/aromatic N) is 4. The normalized spacial score (nSPS) is 13.8. The van der Waals surface area contributed by atoms with Crippen LogP contribution in [0, 0.1) is 23.0 Å². The molecule has 0 unspecified atom stereocenters. The average molecular weight is 465 g/mol. The lowest BCUT2D eigenvalue weighted by atomic mass is 10.1. The molecule has 0 radical (unpaired) electrons. The largest absolute Gasteiger partial charge is 0.487 e. The summed E-state index contributed by atoms with van der Waals surface area (Å²) in [6, 6.07) is 10.3. The van der Waals surface area contributed by atoms with Gasteiger partial charge in [-0.2, -0.15) is 5.26 Å². The number of nitriles is 1. The molecule has 2 aromatic carbocycles. The Hall–Kier alpha value is -4.26. The van der Waals surface area contributed by atoms with Crippen LogP contribution in [0.2, 0.25) is 0 Å². The number of hydrogen-bond donors (Lipinski definition) is 1. The molecule has 2 heterocycles. The van der Waals surface area contributed by atoms with Crippen LogP contribution in [0.1, 0.15) is 28.9 Å². The minimum absolute atomic E-state index is 0.0177. The van der Waals surface area contributed by atoms with Crippen molar-refractivity contribution in [2.45, 2.75) is 18.9 Å². The highest BCUT2D eigenvalue weighted by Gasteiger charge is 2.25. The molecule has 4 rings (SSSR count). The second kappa shape index (κ2) is 10.1. The van der Waals surface area contributed by atoms with Crippen LogP contribution in [0.4, 0.5) is 20.2 Å². The Balaban J connectivity index is 1.49. The third-order valence-electron chi connectivity index (χ3n) is 5.42. The zero-order valence-electron chi connectivity index (χ0n) is 18.3. The molecular weight excluding hydrogens is 444 g/mol. The Morgan fingerprint density at radius 1 is 1.15 bits per heavy atom. The third-order valence-corrected chi connectivity index (χ3v) is 5.42. The quantitative estimate of drug-likeness (QED) is 0.589. The van der Waals surface area contributed by atoms with E-state index in [0.29, 0.717) is 37.2 Å². The van der Waals surface area contributed by atoms with Crippen molar-refractivity contribution in [3.63, 3.8) is 0 Å². The van der Waals surface area contributed by atoms with E-state index in [0.717, 1.165) is 17.8 Å². The van der Waals surface area contributed by atoms with Gasteiger partial charge in [-0.1, -0.05) is 0 Å². The van der Waals surface area contributed by atoms with Gasteiger partial charge in [-0.15, -0.1) is 0 Å². The molecule has 0 aliphatic carbocycles. The van der Waals surface area contributed by atoms with Crippen molar-refractivity contribution >= 4 is 17.3 Å². The summed E-state index contributed by atoms with van der Waals surface area (Å²) in [5.41, 5.74) is 1.57. The molecule has 0 spiro atoms. The second-order valence-corrected chi connectivity index (χ2v) is 7.59. The molecule has 0 bridgehead atoms. The first kappa shape index (κ1) is 22.9. The molecule has 8 nitrogen and oxygen atoms in total. The number of methoxy groups -OCH3 is 1. The maximum absolute atomic E-state index is 13.9. The molecule has 1 aliphatic rings.